The molecular weight excluding hydrogens is 464 g/mol. The molecule has 0 radical (unpaired) electrons. The van der Waals surface area contributed by atoms with E-state index in [4.69, 9.17) is 14.2 Å². The van der Waals surface area contributed by atoms with Crippen molar-refractivity contribution in [1.82, 2.24) is 10.2 Å². The number of carbonyl (C=O) groups is 3. The molecule has 0 spiro atoms. The number of amides is 2. The van der Waals surface area contributed by atoms with Crippen molar-refractivity contribution in [3.8, 4) is 5.75 Å². The number of ether oxygens (including phenoxy) is 3. The van der Waals surface area contributed by atoms with Crippen molar-refractivity contribution in [3.63, 3.8) is 0 Å². The molecule has 0 aromatic heterocycles. The van der Waals surface area contributed by atoms with Crippen LogP contribution in [0.2, 0.25) is 0 Å². The standard InChI is InChI=1S/C27H40N2O7/c1-18(30)29-14-12-19(13-15-29)16-28-25(33)23(32)7-5-6-22(31)24-27(2,3)17-35-26(36-24)20-8-10-21(34-4)11-9-20/h8-11,19,23-24,26,32H,5-7,12-17H2,1-4H3,(H,28,33)/t23?,24-,26?/m0/s1. The van der Waals surface area contributed by atoms with Crippen LogP contribution >= 0.6 is 0 Å². The van der Waals surface area contributed by atoms with Gasteiger partial charge in [-0.1, -0.05) is 26.0 Å². The SMILES string of the molecule is COc1ccc(C2OCC(C)(C)[C@H](C(=O)CCCC(O)C(=O)NCC3CCN(C(C)=O)CC3)O2)cc1. The van der Waals surface area contributed by atoms with E-state index in [1.165, 1.54) is 0 Å². The molecular formula is C27H40N2O7. The number of benzene rings is 1. The Bertz CT molecular complexity index is 894. The smallest absolute Gasteiger partial charge is 0.248 e. The number of rotatable bonds is 10. The fourth-order valence-electron chi connectivity index (χ4n) is 4.71. The van der Waals surface area contributed by atoms with Gasteiger partial charge in [-0.2, -0.15) is 0 Å². The van der Waals surface area contributed by atoms with Crippen LogP contribution < -0.4 is 10.1 Å². The first kappa shape index (κ1) is 28.1. The average Bonchev–Trinajstić information content (AvgIpc) is 2.87. The molecule has 200 valence electrons. The number of Topliss-reactive ketones (excluding diaryl/α,β-unsaturated/α-hetero) is 1. The van der Waals surface area contributed by atoms with Crippen molar-refractivity contribution in [2.24, 2.45) is 11.3 Å². The van der Waals surface area contributed by atoms with Crippen LogP contribution in [0.15, 0.2) is 24.3 Å². The molecule has 2 aliphatic heterocycles. The second kappa shape index (κ2) is 12.7. The quantitative estimate of drug-likeness (QED) is 0.503. The summed E-state index contributed by atoms with van der Waals surface area (Å²) >= 11 is 0. The molecule has 3 rings (SSSR count). The molecule has 2 unspecified atom stereocenters. The lowest BCUT2D eigenvalue weighted by atomic mass is 9.82. The maximum Gasteiger partial charge on any atom is 0.248 e. The van der Waals surface area contributed by atoms with E-state index in [9.17, 15) is 19.5 Å². The number of piperidine rings is 1. The van der Waals surface area contributed by atoms with Gasteiger partial charge in [-0.25, -0.2) is 0 Å². The number of aliphatic hydroxyl groups is 1. The number of carbonyl (C=O) groups excluding carboxylic acids is 3. The number of likely N-dealkylation sites (tertiary alicyclic amines) is 1. The monoisotopic (exact) mass is 504 g/mol. The summed E-state index contributed by atoms with van der Waals surface area (Å²) in [5.41, 5.74) is 0.316. The normalized spacial score (nSPS) is 23.1. The molecule has 2 heterocycles. The first-order valence-electron chi connectivity index (χ1n) is 12.8. The van der Waals surface area contributed by atoms with E-state index in [2.05, 4.69) is 5.32 Å². The minimum atomic E-state index is -1.16. The Morgan fingerprint density at radius 3 is 2.47 bits per heavy atom. The van der Waals surface area contributed by atoms with E-state index in [-0.39, 0.29) is 24.5 Å². The van der Waals surface area contributed by atoms with Crippen molar-refractivity contribution in [2.45, 2.75) is 71.4 Å². The Kier molecular flexibility index (Phi) is 9.87. The predicted molar refractivity (Wildman–Crippen MR) is 133 cm³/mol. The Hall–Kier alpha value is -2.49. The number of nitrogens with zero attached hydrogens (tertiary/aromatic N) is 1. The summed E-state index contributed by atoms with van der Waals surface area (Å²) in [4.78, 5) is 38.6. The number of ketones is 1. The van der Waals surface area contributed by atoms with Crippen molar-refractivity contribution in [2.75, 3.05) is 33.4 Å². The molecule has 2 amide bonds. The van der Waals surface area contributed by atoms with Crippen LogP contribution in [-0.4, -0.2) is 73.2 Å². The van der Waals surface area contributed by atoms with Gasteiger partial charge in [0.15, 0.2) is 12.1 Å². The molecule has 0 aliphatic carbocycles. The number of methoxy groups -OCH3 is 1. The lowest BCUT2D eigenvalue weighted by Gasteiger charge is -2.41. The molecule has 36 heavy (non-hydrogen) atoms. The molecule has 2 saturated heterocycles. The van der Waals surface area contributed by atoms with E-state index in [1.807, 2.05) is 43.0 Å². The maximum atomic E-state index is 13.0. The Morgan fingerprint density at radius 2 is 1.86 bits per heavy atom. The fraction of sp³-hybridized carbons (Fsp3) is 0.667. The van der Waals surface area contributed by atoms with E-state index in [0.29, 0.717) is 38.6 Å². The van der Waals surface area contributed by atoms with Gasteiger partial charge in [0.1, 0.15) is 18.0 Å². The van der Waals surface area contributed by atoms with E-state index in [1.54, 1.807) is 14.0 Å². The highest BCUT2D eigenvalue weighted by molar-refractivity contribution is 5.84. The summed E-state index contributed by atoms with van der Waals surface area (Å²) in [7, 11) is 1.60. The molecule has 1 aromatic carbocycles. The van der Waals surface area contributed by atoms with Crippen molar-refractivity contribution >= 4 is 17.6 Å². The third-order valence-corrected chi connectivity index (χ3v) is 7.08. The second-order valence-corrected chi connectivity index (χ2v) is 10.5. The topological polar surface area (TPSA) is 114 Å². The van der Waals surface area contributed by atoms with Crippen LogP contribution in [0.1, 0.15) is 64.7 Å². The summed E-state index contributed by atoms with van der Waals surface area (Å²) in [6, 6.07) is 7.34. The number of hydrogen-bond donors (Lipinski definition) is 2. The van der Waals surface area contributed by atoms with E-state index >= 15 is 0 Å². The molecule has 2 N–H and O–H groups in total. The van der Waals surface area contributed by atoms with Gasteiger partial charge in [0, 0.05) is 44.0 Å². The maximum absolute atomic E-state index is 13.0. The highest BCUT2D eigenvalue weighted by atomic mass is 16.7. The van der Waals surface area contributed by atoms with Gasteiger partial charge in [-0.3, -0.25) is 14.4 Å². The lowest BCUT2D eigenvalue weighted by Crippen LogP contribution is -2.47. The minimum Gasteiger partial charge on any atom is -0.497 e. The highest BCUT2D eigenvalue weighted by Crippen LogP contribution is 2.37. The number of hydrogen-bond acceptors (Lipinski definition) is 7. The summed E-state index contributed by atoms with van der Waals surface area (Å²) in [5.74, 6) is 0.618. The zero-order chi connectivity index (χ0) is 26.3. The Labute approximate surface area is 213 Å². The van der Waals surface area contributed by atoms with Gasteiger partial charge >= 0.3 is 0 Å². The van der Waals surface area contributed by atoms with Gasteiger partial charge in [-0.15, -0.1) is 0 Å². The van der Waals surface area contributed by atoms with Crippen LogP contribution in [0.3, 0.4) is 0 Å². The summed E-state index contributed by atoms with van der Waals surface area (Å²) in [5, 5.41) is 13.1. The Morgan fingerprint density at radius 1 is 1.19 bits per heavy atom. The molecule has 9 heteroatoms. The third kappa shape index (κ3) is 7.51. The van der Waals surface area contributed by atoms with E-state index in [0.717, 1.165) is 24.2 Å². The largest absolute Gasteiger partial charge is 0.497 e. The summed E-state index contributed by atoms with van der Waals surface area (Å²) in [6.07, 6.45) is 0.0103. The molecule has 9 nitrogen and oxygen atoms in total. The highest BCUT2D eigenvalue weighted by Gasteiger charge is 2.42. The summed E-state index contributed by atoms with van der Waals surface area (Å²) in [6.45, 7) is 7.69. The van der Waals surface area contributed by atoms with Crippen LogP contribution in [0, 0.1) is 11.3 Å². The lowest BCUT2D eigenvalue weighted by molar-refractivity contribution is -0.257. The zero-order valence-corrected chi connectivity index (χ0v) is 21.8. The van der Waals surface area contributed by atoms with E-state index < -0.39 is 29.8 Å². The fourth-order valence-corrected chi connectivity index (χ4v) is 4.71. The molecule has 2 aliphatic rings. The Balaban J connectivity index is 1.42. The first-order chi connectivity index (χ1) is 17.1. The van der Waals surface area contributed by atoms with Crippen LogP contribution in [0.4, 0.5) is 0 Å². The van der Waals surface area contributed by atoms with Crippen molar-refractivity contribution in [3.05, 3.63) is 29.8 Å². The number of nitrogens with one attached hydrogen (secondary N) is 1. The molecule has 0 bridgehead atoms. The minimum absolute atomic E-state index is 0.0633. The first-order valence-corrected chi connectivity index (χ1v) is 12.8. The van der Waals surface area contributed by atoms with Gasteiger partial charge < -0.3 is 29.5 Å². The van der Waals surface area contributed by atoms with Gasteiger partial charge in [0.05, 0.1) is 13.7 Å². The number of aliphatic hydroxyl groups excluding tert-OH is 1. The zero-order valence-electron chi connectivity index (χ0n) is 21.8. The molecule has 2 fully saturated rings. The third-order valence-electron chi connectivity index (χ3n) is 7.08. The van der Waals surface area contributed by atoms with Crippen LogP contribution in [-0.2, 0) is 23.9 Å². The molecule has 0 saturated carbocycles. The molecule has 1 aromatic rings. The van der Waals surface area contributed by atoms with Crippen molar-refractivity contribution < 1.29 is 33.7 Å². The van der Waals surface area contributed by atoms with Crippen molar-refractivity contribution in [1.29, 1.82) is 0 Å². The van der Waals surface area contributed by atoms with Gasteiger partial charge in [0.25, 0.3) is 0 Å². The van der Waals surface area contributed by atoms with Crippen LogP contribution in [0.5, 0.6) is 5.75 Å². The summed E-state index contributed by atoms with van der Waals surface area (Å²) < 4.78 is 17.1. The second-order valence-electron chi connectivity index (χ2n) is 10.5. The predicted octanol–water partition coefficient (Wildman–Crippen LogP) is 2.61. The van der Waals surface area contributed by atoms with Gasteiger partial charge in [0.2, 0.25) is 11.8 Å². The molecule has 3 atom stereocenters. The van der Waals surface area contributed by atoms with Crippen LogP contribution in [0.25, 0.3) is 0 Å². The average molecular weight is 505 g/mol. The van der Waals surface area contributed by atoms with Gasteiger partial charge in [-0.05, 0) is 43.7 Å².